The number of phenols is 1. The third-order valence-electron chi connectivity index (χ3n) is 5.57. The van der Waals surface area contributed by atoms with Crippen LogP contribution in [-0.2, 0) is 4.74 Å². The number of hydrogen-bond acceptors (Lipinski definition) is 11. The van der Waals surface area contributed by atoms with E-state index in [-0.39, 0.29) is 28.2 Å². The molecule has 34 heavy (non-hydrogen) atoms. The van der Waals surface area contributed by atoms with Crippen molar-refractivity contribution in [3.63, 3.8) is 0 Å². The summed E-state index contributed by atoms with van der Waals surface area (Å²) in [6, 6.07) is 9.13. The normalized spacial score (nSPS) is 24.7. The molecule has 11 nitrogen and oxygen atoms in total. The van der Waals surface area contributed by atoms with Gasteiger partial charge in [0.05, 0.1) is 26.4 Å². The van der Waals surface area contributed by atoms with E-state index in [0.717, 1.165) is 6.07 Å². The van der Waals surface area contributed by atoms with Crippen molar-refractivity contribution in [3.8, 4) is 34.3 Å². The van der Waals surface area contributed by atoms with Crippen LogP contribution in [0.3, 0.4) is 0 Å². The molecule has 1 aromatic heterocycles. The maximum absolute atomic E-state index is 12.9. The van der Waals surface area contributed by atoms with Crippen LogP contribution in [-0.4, -0.2) is 77.1 Å². The number of aliphatic hydroxyl groups is 4. The summed E-state index contributed by atoms with van der Waals surface area (Å²) in [7, 11) is 2.75. The number of phenolic OH excluding ortho intramolecular Hbond substituents is 1. The van der Waals surface area contributed by atoms with Crippen LogP contribution in [0.5, 0.6) is 23.0 Å². The number of aromatic hydroxyl groups is 1. The van der Waals surface area contributed by atoms with E-state index in [2.05, 4.69) is 0 Å². The minimum Gasteiger partial charge on any atom is -0.507 e. The second-order valence-electron chi connectivity index (χ2n) is 7.62. The summed E-state index contributed by atoms with van der Waals surface area (Å²) in [5.41, 5.74) is -0.223. The number of fused-ring (bicyclic) bond motifs is 1. The molecule has 1 saturated heterocycles. The predicted molar refractivity (Wildman–Crippen MR) is 117 cm³/mol. The molecule has 4 rings (SSSR count). The quantitative estimate of drug-likeness (QED) is 0.333. The predicted octanol–water partition coefficient (Wildman–Crippen LogP) is 0.361. The van der Waals surface area contributed by atoms with Crippen LogP contribution in [0.25, 0.3) is 22.3 Å². The van der Waals surface area contributed by atoms with E-state index in [4.69, 9.17) is 23.4 Å². The maximum atomic E-state index is 12.9. The average molecular weight is 476 g/mol. The summed E-state index contributed by atoms with van der Waals surface area (Å²) in [5, 5.41) is 50.0. The van der Waals surface area contributed by atoms with Crippen LogP contribution < -0.4 is 19.6 Å². The number of methoxy groups -OCH3 is 2. The Morgan fingerprint density at radius 1 is 0.971 bits per heavy atom. The van der Waals surface area contributed by atoms with Crippen molar-refractivity contribution in [2.24, 2.45) is 0 Å². The van der Waals surface area contributed by atoms with Crippen molar-refractivity contribution < 1.29 is 48.9 Å². The summed E-state index contributed by atoms with van der Waals surface area (Å²) in [5.74, 6) is -0.189. The summed E-state index contributed by atoms with van der Waals surface area (Å²) < 4.78 is 27.6. The van der Waals surface area contributed by atoms with Gasteiger partial charge >= 0.3 is 0 Å². The van der Waals surface area contributed by atoms with Gasteiger partial charge in [-0.1, -0.05) is 12.1 Å². The van der Waals surface area contributed by atoms with Gasteiger partial charge in [0.1, 0.15) is 47.1 Å². The smallest absolute Gasteiger partial charge is 0.229 e. The first-order valence-electron chi connectivity index (χ1n) is 10.3. The molecular formula is C23H24O11. The monoisotopic (exact) mass is 476 g/mol. The molecule has 5 atom stereocenters. The number of hydrogen-bond donors (Lipinski definition) is 5. The first kappa shape index (κ1) is 23.8. The largest absolute Gasteiger partial charge is 0.507 e. The molecule has 1 aliphatic heterocycles. The first-order chi connectivity index (χ1) is 16.3. The lowest BCUT2D eigenvalue weighted by atomic mass is 9.99. The van der Waals surface area contributed by atoms with E-state index in [1.807, 2.05) is 0 Å². The summed E-state index contributed by atoms with van der Waals surface area (Å²) >= 11 is 0. The number of benzene rings is 2. The Balaban J connectivity index is 1.84. The van der Waals surface area contributed by atoms with Crippen molar-refractivity contribution in [2.75, 3.05) is 20.8 Å². The summed E-state index contributed by atoms with van der Waals surface area (Å²) in [6.07, 6.45) is -7.71. The molecule has 1 aliphatic rings. The average Bonchev–Trinajstić information content (AvgIpc) is 2.84. The van der Waals surface area contributed by atoms with Gasteiger partial charge in [-0.15, -0.1) is 0 Å². The van der Waals surface area contributed by atoms with Gasteiger partial charge in [0.15, 0.2) is 16.8 Å². The van der Waals surface area contributed by atoms with Gasteiger partial charge in [0, 0.05) is 12.1 Å². The summed E-state index contributed by atoms with van der Waals surface area (Å²) in [6.45, 7) is -0.651. The molecule has 0 amide bonds. The lowest BCUT2D eigenvalue weighted by molar-refractivity contribution is -0.277. The molecule has 2 heterocycles. The van der Waals surface area contributed by atoms with Crippen LogP contribution in [0.2, 0.25) is 0 Å². The Hall–Kier alpha value is -3.35. The van der Waals surface area contributed by atoms with Crippen LogP contribution in [0.15, 0.2) is 45.6 Å². The second kappa shape index (κ2) is 9.49. The molecule has 182 valence electrons. The summed E-state index contributed by atoms with van der Waals surface area (Å²) in [4.78, 5) is 12.9. The topological polar surface area (TPSA) is 168 Å². The van der Waals surface area contributed by atoms with Crippen molar-refractivity contribution >= 4 is 11.0 Å². The van der Waals surface area contributed by atoms with Gasteiger partial charge in [-0.2, -0.15) is 0 Å². The van der Waals surface area contributed by atoms with Crippen molar-refractivity contribution in [2.45, 2.75) is 30.7 Å². The molecule has 11 heteroatoms. The minimum atomic E-state index is -1.70. The number of aliphatic hydroxyl groups excluding tert-OH is 4. The molecule has 0 bridgehead atoms. The zero-order valence-electron chi connectivity index (χ0n) is 18.2. The molecule has 0 spiro atoms. The van der Waals surface area contributed by atoms with Gasteiger partial charge in [-0.05, 0) is 12.1 Å². The Kier molecular flexibility index (Phi) is 6.64. The van der Waals surface area contributed by atoms with E-state index in [1.165, 1.54) is 20.3 Å². The third kappa shape index (κ3) is 4.04. The molecule has 3 aromatic rings. The highest BCUT2D eigenvalue weighted by Crippen LogP contribution is 2.43. The van der Waals surface area contributed by atoms with Crippen molar-refractivity contribution in [1.29, 1.82) is 0 Å². The fourth-order valence-electron chi connectivity index (χ4n) is 3.82. The van der Waals surface area contributed by atoms with Gasteiger partial charge in [0.25, 0.3) is 0 Å². The molecule has 5 unspecified atom stereocenters. The SMILES string of the molecule is COc1ccccc1-c1cc(=O)c2c(O)cc(OC3OC(CO)C(O)C(O)C3O)c(OC)c2o1. The zero-order chi connectivity index (χ0) is 24.6. The van der Waals surface area contributed by atoms with E-state index in [9.17, 15) is 30.3 Å². The molecule has 0 saturated carbocycles. The Morgan fingerprint density at radius 2 is 1.71 bits per heavy atom. The Morgan fingerprint density at radius 3 is 2.38 bits per heavy atom. The van der Waals surface area contributed by atoms with E-state index >= 15 is 0 Å². The number of para-hydroxylation sites is 1. The van der Waals surface area contributed by atoms with Gasteiger partial charge in [0.2, 0.25) is 12.0 Å². The molecule has 1 fully saturated rings. The van der Waals surface area contributed by atoms with E-state index in [1.54, 1.807) is 24.3 Å². The highest BCUT2D eigenvalue weighted by atomic mass is 16.7. The Bertz CT molecular complexity index is 1240. The molecular weight excluding hydrogens is 452 g/mol. The van der Waals surface area contributed by atoms with Gasteiger partial charge in [-0.25, -0.2) is 0 Å². The van der Waals surface area contributed by atoms with E-state index < -0.39 is 48.5 Å². The highest BCUT2D eigenvalue weighted by Gasteiger charge is 2.45. The van der Waals surface area contributed by atoms with Crippen molar-refractivity contribution in [1.82, 2.24) is 0 Å². The van der Waals surface area contributed by atoms with Crippen LogP contribution in [0.1, 0.15) is 0 Å². The molecule has 0 aliphatic carbocycles. The highest BCUT2D eigenvalue weighted by molar-refractivity contribution is 5.92. The van der Waals surface area contributed by atoms with E-state index in [0.29, 0.717) is 11.3 Å². The fourth-order valence-corrected chi connectivity index (χ4v) is 3.82. The third-order valence-corrected chi connectivity index (χ3v) is 5.57. The molecule has 0 radical (unpaired) electrons. The van der Waals surface area contributed by atoms with Crippen LogP contribution in [0.4, 0.5) is 0 Å². The van der Waals surface area contributed by atoms with Gasteiger partial charge < -0.3 is 48.9 Å². The zero-order valence-corrected chi connectivity index (χ0v) is 18.2. The lowest BCUT2D eigenvalue weighted by Crippen LogP contribution is -2.60. The number of ether oxygens (including phenoxy) is 4. The first-order valence-corrected chi connectivity index (χ1v) is 10.3. The fraction of sp³-hybridized carbons (Fsp3) is 0.348. The minimum absolute atomic E-state index is 0.0985. The number of rotatable bonds is 6. The lowest BCUT2D eigenvalue weighted by Gasteiger charge is -2.39. The second-order valence-corrected chi connectivity index (χ2v) is 7.62. The van der Waals surface area contributed by atoms with Crippen molar-refractivity contribution in [3.05, 3.63) is 46.6 Å². The molecule has 5 N–H and O–H groups in total. The van der Waals surface area contributed by atoms with Crippen LogP contribution >= 0.6 is 0 Å². The Labute approximate surface area is 192 Å². The maximum Gasteiger partial charge on any atom is 0.229 e. The molecule has 2 aromatic carbocycles. The van der Waals surface area contributed by atoms with Gasteiger partial charge in [-0.3, -0.25) is 4.79 Å². The van der Waals surface area contributed by atoms with Crippen LogP contribution in [0, 0.1) is 0 Å². The standard InChI is InChI=1S/C23H24O11/c1-30-13-6-4-3-5-10(13)14-7-11(25)17-12(26)8-15(21(31-2)22(17)32-14)33-23-20(29)19(28)18(27)16(9-24)34-23/h3-8,16,18-20,23-24,26-29H,9H2,1-2H3.